The minimum Gasteiger partial charge on any atom is -0.497 e. The van der Waals surface area contributed by atoms with Gasteiger partial charge in [-0.2, -0.15) is 13.2 Å². The van der Waals surface area contributed by atoms with Gasteiger partial charge in [0.25, 0.3) is 0 Å². The first-order valence-corrected chi connectivity index (χ1v) is 7.17. The smallest absolute Gasteiger partial charge is 0.416 e. The normalized spacial score (nSPS) is 18.5. The fourth-order valence-electron chi connectivity index (χ4n) is 2.87. The molecule has 118 valence electrons. The number of ether oxygens (including phenoxy) is 1. The third-order valence-electron chi connectivity index (χ3n) is 3.90. The second-order valence-corrected chi connectivity index (χ2v) is 5.16. The van der Waals surface area contributed by atoms with Crippen molar-refractivity contribution in [2.75, 3.05) is 33.3 Å². The number of rotatable bonds is 4. The quantitative estimate of drug-likeness (QED) is 0.925. The van der Waals surface area contributed by atoms with E-state index in [-0.39, 0.29) is 11.8 Å². The number of alkyl halides is 3. The number of nitrogens with one attached hydrogen (secondary N) is 1. The molecule has 0 radical (unpaired) electrons. The van der Waals surface area contributed by atoms with Gasteiger partial charge in [-0.15, -0.1) is 0 Å². The summed E-state index contributed by atoms with van der Waals surface area (Å²) < 4.78 is 45.0. The number of halogens is 3. The van der Waals surface area contributed by atoms with Crippen molar-refractivity contribution < 1.29 is 17.9 Å². The van der Waals surface area contributed by atoms with Crippen LogP contribution >= 0.6 is 0 Å². The molecule has 0 amide bonds. The second kappa shape index (κ2) is 6.66. The van der Waals surface area contributed by atoms with Crippen LogP contribution < -0.4 is 10.1 Å². The van der Waals surface area contributed by atoms with Crippen molar-refractivity contribution in [3.63, 3.8) is 0 Å². The van der Waals surface area contributed by atoms with Gasteiger partial charge in [-0.25, -0.2) is 0 Å². The van der Waals surface area contributed by atoms with Gasteiger partial charge in [-0.1, -0.05) is 13.0 Å². The molecule has 1 aromatic rings. The maximum atomic E-state index is 13.3. The van der Waals surface area contributed by atoms with Crippen LogP contribution in [-0.4, -0.2) is 38.2 Å². The largest absolute Gasteiger partial charge is 0.497 e. The fraction of sp³-hybridized carbons (Fsp3) is 0.600. The molecule has 0 bridgehead atoms. The number of hydrogen-bond acceptors (Lipinski definition) is 3. The Morgan fingerprint density at radius 2 is 1.95 bits per heavy atom. The molecular formula is C15H21F3N2O. The van der Waals surface area contributed by atoms with E-state index in [0.29, 0.717) is 12.0 Å². The lowest BCUT2D eigenvalue weighted by Gasteiger charge is -2.35. The number of methoxy groups -OCH3 is 1. The zero-order valence-corrected chi connectivity index (χ0v) is 12.3. The third kappa shape index (κ3) is 3.68. The molecule has 1 aromatic carbocycles. The molecule has 1 atom stereocenters. The summed E-state index contributed by atoms with van der Waals surface area (Å²) in [6.07, 6.45) is -3.72. The van der Waals surface area contributed by atoms with Gasteiger partial charge in [0.2, 0.25) is 0 Å². The van der Waals surface area contributed by atoms with E-state index in [4.69, 9.17) is 4.74 Å². The number of benzene rings is 1. The maximum Gasteiger partial charge on any atom is 0.416 e. The predicted molar refractivity (Wildman–Crippen MR) is 75.5 cm³/mol. The Bertz CT molecular complexity index is 470. The van der Waals surface area contributed by atoms with Crippen molar-refractivity contribution in [2.24, 2.45) is 0 Å². The molecule has 1 saturated heterocycles. The van der Waals surface area contributed by atoms with E-state index in [9.17, 15) is 13.2 Å². The van der Waals surface area contributed by atoms with E-state index in [1.807, 2.05) is 6.92 Å². The topological polar surface area (TPSA) is 24.5 Å². The highest BCUT2D eigenvalue weighted by molar-refractivity contribution is 5.39. The van der Waals surface area contributed by atoms with Crippen molar-refractivity contribution in [2.45, 2.75) is 25.6 Å². The molecule has 6 heteroatoms. The highest BCUT2D eigenvalue weighted by Crippen LogP contribution is 2.39. The predicted octanol–water partition coefficient (Wildman–Crippen LogP) is 3.07. The van der Waals surface area contributed by atoms with E-state index in [1.165, 1.54) is 7.11 Å². The Morgan fingerprint density at radius 3 is 2.48 bits per heavy atom. The van der Waals surface area contributed by atoms with Gasteiger partial charge in [-0.05, 0) is 24.1 Å². The van der Waals surface area contributed by atoms with E-state index < -0.39 is 11.7 Å². The summed E-state index contributed by atoms with van der Waals surface area (Å²) in [5, 5.41) is 3.22. The molecule has 1 heterocycles. The minimum absolute atomic E-state index is 0.213. The lowest BCUT2D eigenvalue weighted by atomic mass is 9.96. The maximum absolute atomic E-state index is 13.3. The van der Waals surface area contributed by atoms with Crippen molar-refractivity contribution in [3.05, 3.63) is 29.3 Å². The number of hydrogen-bond donors (Lipinski definition) is 1. The van der Waals surface area contributed by atoms with Gasteiger partial charge in [0, 0.05) is 32.2 Å². The number of nitrogens with zero attached hydrogens (tertiary/aromatic N) is 1. The Balaban J connectivity index is 2.39. The minimum atomic E-state index is -4.37. The van der Waals surface area contributed by atoms with Crippen LogP contribution in [0.3, 0.4) is 0 Å². The van der Waals surface area contributed by atoms with Crippen molar-refractivity contribution in [3.8, 4) is 5.75 Å². The average Bonchev–Trinajstić information content (AvgIpc) is 2.48. The molecule has 3 nitrogen and oxygen atoms in total. The van der Waals surface area contributed by atoms with Gasteiger partial charge >= 0.3 is 6.18 Å². The Hall–Kier alpha value is -1.27. The average molecular weight is 302 g/mol. The zero-order chi connectivity index (χ0) is 15.5. The SMILES string of the molecule is CC[C@@H](c1ccc(OC)cc1C(F)(F)F)N1CCNCC1. The summed E-state index contributed by atoms with van der Waals surface area (Å²) in [5.41, 5.74) is -0.250. The third-order valence-corrected chi connectivity index (χ3v) is 3.90. The molecule has 0 unspecified atom stereocenters. The molecule has 1 aliphatic heterocycles. The highest BCUT2D eigenvalue weighted by atomic mass is 19.4. The van der Waals surface area contributed by atoms with Crippen molar-refractivity contribution in [1.29, 1.82) is 0 Å². The van der Waals surface area contributed by atoms with Crippen LogP contribution in [0.1, 0.15) is 30.5 Å². The molecule has 0 aliphatic carbocycles. The van der Waals surface area contributed by atoms with Gasteiger partial charge < -0.3 is 10.1 Å². The first-order chi connectivity index (χ1) is 9.97. The fourth-order valence-corrected chi connectivity index (χ4v) is 2.87. The summed E-state index contributed by atoms with van der Waals surface area (Å²) in [4.78, 5) is 2.12. The van der Waals surface area contributed by atoms with Crippen LogP contribution in [0, 0.1) is 0 Å². The second-order valence-electron chi connectivity index (χ2n) is 5.16. The summed E-state index contributed by atoms with van der Waals surface area (Å²) in [6.45, 7) is 5.09. The van der Waals surface area contributed by atoms with Crippen molar-refractivity contribution in [1.82, 2.24) is 10.2 Å². The van der Waals surface area contributed by atoms with Crippen LogP contribution in [0.5, 0.6) is 5.75 Å². The molecule has 1 fully saturated rings. The summed E-state index contributed by atoms with van der Waals surface area (Å²) in [6, 6.07) is 4.04. The van der Waals surface area contributed by atoms with E-state index >= 15 is 0 Å². The highest BCUT2D eigenvalue weighted by Gasteiger charge is 2.36. The van der Waals surface area contributed by atoms with Gasteiger partial charge in [-0.3, -0.25) is 4.90 Å². The lowest BCUT2D eigenvalue weighted by molar-refractivity contribution is -0.139. The molecule has 0 aromatic heterocycles. The molecule has 1 aliphatic rings. The van der Waals surface area contributed by atoms with Crippen LogP contribution in [0.25, 0.3) is 0 Å². The first-order valence-electron chi connectivity index (χ1n) is 7.17. The first kappa shape index (κ1) is 16.1. The Morgan fingerprint density at radius 1 is 1.29 bits per heavy atom. The molecule has 2 rings (SSSR count). The van der Waals surface area contributed by atoms with Crippen molar-refractivity contribution >= 4 is 0 Å². The monoisotopic (exact) mass is 302 g/mol. The van der Waals surface area contributed by atoms with E-state index in [0.717, 1.165) is 32.2 Å². The molecular weight excluding hydrogens is 281 g/mol. The van der Waals surface area contributed by atoms with E-state index in [2.05, 4.69) is 10.2 Å². The zero-order valence-electron chi connectivity index (χ0n) is 12.3. The number of piperazine rings is 1. The Kier molecular flexibility index (Phi) is 5.11. The van der Waals surface area contributed by atoms with Gasteiger partial charge in [0.15, 0.2) is 0 Å². The van der Waals surface area contributed by atoms with E-state index in [1.54, 1.807) is 12.1 Å². The van der Waals surface area contributed by atoms with Gasteiger partial charge in [0.05, 0.1) is 12.7 Å². The summed E-state index contributed by atoms with van der Waals surface area (Å²) in [5.74, 6) is 0.237. The summed E-state index contributed by atoms with van der Waals surface area (Å²) >= 11 is 0. The van der Waals surface area contributed by atoms with Crippen LogP contribution in [0.15, 0.2) is 18.2 Å². The molecule has 1 N–H and O–H groups in total. The lowest BCUT2D eigenvalue weighted by Crippen LogP contribution is -2.45. The standard InChI is InChI=1S/C15H21F3N2O/c1-3-14(20-8-6-19-7-9-20)12-5-4-11(21-2)10-13(12)15(16,17)18/h4-5,10,14,19H,3,6-9H2,1-2H3/t14-/m0/s1. The molecule has 21 heavy (non-hydrogen) atoms. The molecule has 0 spiro atoms. The Labute approximate surface area is 123 Å². The molecule has 0 saturated carbocycles. The summed E-state index contributed by atoms with van der Waals surface area (Å²) in [7, 11) is 1.38. The van der Waals surface area contributed by atoms with Crippen LogP contribution in [-0.2, 0) is 6.18 Å². The van der Waals surface area contributed by atoms with Crippen LogP contribution in [0.4, 0.5) is 13.2 Å². The van der Waals surface area contributed by atoms with Gasteiger partial charge in [0.1, 0.15) is 5.75 Å². The van der Waals surface area contributed by atoms with Crippen LogP contribution in [0.2, 0.25) is 0 Å².